The molecule has 0 amide bonds. The Labute approximate surface area is 107 Å². The maximum Gasteiger partial charge on any atom is 0.258 e. The summed E-state index contributed by atoms with van der Waals surface area (Å²) in [5.41, 5.74) is 0.246. The summed E-state index contributed by atoms with van der Waals surface area (Å²) in [6.45, 7) is 1.89. The molecule has 0 aliphatic heterocycles. The van der Waals surface area contributed by atoms with Crippen LogP contribution in [0.2, 0.25) is 0 Å². The van der Waals surface area contributed by atoms with Crippen molar-refractivity contribution in [3.8, 4) is 0 Å². The number of methoxy groups -OCH3 is 1. The third kappa shape index (κ3) is 3.77. The van der Waals surface area contributed by atoms with Crippen LogP contribution in [0.5, 0.6) is 0 Å². The normalized spacial score (nSPS) is 13.7. The molecule has 1 aromatic rings. The van der Waals surface area contributed by atoms with Crippen molar-refractivity contribution in [2.24, 2.45) is 0 Å². The molecule has 0 aromatic carbocycles. The van der Waals surface area contributed by atoms with Crippen molar-refractivity contribution < 1.29 is 18.3 Å². The molecule has 18 heavy (non-hydrogen) atoms. The fraction of sp³-hybridized carbons (Fsp3) is 0.700. The molecule has 1 heterocycles. The number of rotatable bonds is 8. The van der Waals surface area contributed by atoms with Crippen molar-refractivity contribution in [1.29, 1.82) is 0 Å². The fourth-order valence-corrected chi connectivity index (χ4v) is 3.03. The summed E-state index contributed by atoms with van der Waals surface area (Å²) in [4.78, 5) is 0. The third-order valence-electron chi connectivity index (χ3n) is 2.44. The van der Waals surface area contributed by atoms with E-state index in [-0.39, 0.29) is 23.2 Å². The Morgan fingerprint density at radius 3 is 2.89 bits per heavy atom. The molecule has 1 rings (SSSR count). The van der Waals surface area contributed by atoms with Gasteiger partial charge in [0.05, 0.1) is 19.4 Å². The fourth-order valence-electron chi connectivity index (χ4n) is 1.65. The van der Waals surface area contributed by atoms with Crippen LogP contribution in [-0.2, 0) is 21.4 Å². The highest BCUT2D eigenvalue weighted by molar-refractivity contribution is 7.89. The zero-order valence-electron chi connectivity index (χ0n) is 10.5. The van der Waals surface area contributed by atoms with Crippen LogP contribution in [0, 0.1) is 0 Å². The van der Waals surface area contributed by atoms with Crippen LogP contribution in [0.25, 0.3) is 0 Å². The van der Waals surface area contributed by atoms with Crippen LogP contribution in [0.1, 0.15) is 25.3 Å². The lowest BCUT2D eigenvalue weighted by Gasteiger charge is -2.16. The predicted octanol–water partition coefficient (Wildman–Crippen LogP) is -0.00460. The molecular weight excluding hydrogens is 258 g/mol. The molecule has 0 fully saturated rings. The molecule has 0 saturated carbocycles. The van der Waals surface area contributed by atoms with Crippen molar-refractivity contribution in [2.75, 3.05) is 13.7 Å². The van der Waals surface area contributed by atoms with E-state index in [0.29, 0.717) is 13.0 Å². The van der Waals surface area contributed by atoms with Gasteiger partial charge in [-0.15, -0.1) is 0 Å². The highest BCUT2D eigenvalue weighted by Gasteiger charge is 2.23. The Morgan fingerprint density at radius 2 is 2.33 bits per heavy atom. The van der Waals surface area contributed by atoms with E-state index in [1.165, 1.54) is 13.3 Å². The second-order valence-corrected chi connectivity index (χ2v) is 5.60. The topological polar surface area (TPSA) is 104 Å². The van der Waals surface area contributed by atoms with Gasteiger partial charge >= 0.3 is 0 Å². The van der Waals surface area contributed by atoms with Crippen LogP contribution < -0.4 is 4.72 Å². The molecule has 0 aliphatic rings. The van der Waals surface area contributed by atoms with E-state index in [2.05, 4.69) is 14.9 Å². The maximum absolute atomic E-state index is 12.1. The number of sulfonamides is 1. The lowest BCUT2D eigenvalue weighted by atomic mass is 10.2. The Morgan fingerprint density at radius 1 is 1.61 bits per heavy atom. The first-order chi connectivity index (χ1) is 8.55. The molecule has 104 valence electrons. The number of nitrogens with one attached hydrogen (secondary N) is 2. The molecule has 1 unspecified atom stereocenters. The lowest BCUT2D eigenvalue weighted by molar-refractivity contribution is 0.171. The average molecular weight is 277 g/mol. The lowest BCUT2D eigenvalue weighted by Crippen LogP contribution is -2.38. The van der Waals surface area contributed by atoms with Crippen molar-refractivity contribution >= 4 is 10.0 Å². The monoisotopic (exact) mass is 277 g/mol. The van der Waals surface area contributed by atoms with E-state index in [4.69, 9.17) is 9.84 Å². The van der Waals surface area contributed by atoms with E-state index < -0.39 is 10.0 Å². The number of aliphatic hydroxyl groups is 1. The summed E-state index contributed by atoms with van der Waals surface area (Å²) in [6, 6.07) is -0.292. The molecule has 1 atom stereocenters. The van der Waals surface area contributed by atoms with Crippen molar-refractivity contribution in [1.82, 2.24) is 14.9 Å². The van der Waals surface area contributed by atoms with Gasteiger partial charge in [-0.05, 0) is 6.42 Å². The van der Waals surface area contributed by atoms with Gasteiger partial charge in [-0.2, -0.15) is 5.10 Å². The van der Waals surface area contributed by atoms with Crippen molar-refractivity contribution in [3.63, 3.8) is 0 Å². The largest absolute Gasteiger partial charge is 0.392 e. The van der Waals surface area contributed by atoms with Crippen LogP contribution in [0.3, 0.4) is 0 Å². The molecule has 7 nitrogen and oxygen atoms in total. The minimum absolute atomic E-state index is 0.0952. The Balaban J connectivity index is 2.86. The third-order valence-corrected chi connectivity index (χ3v) is 3.98. The first kappa shape index (κ1) is 15.1. The highest BCUT2D eigenvalue weighted by Crippen LogP contribution is 2.13. The van der Waals surface area contributed by atoms with E-state index in [1.54, 1.807) is 0 Å². The quantitative estimate of drug-likeness (QED) is 0.620. The Kier molecular flexibility index (Phi) is 5.73. The number of nitrogens with zero attached hydrogens (tertiary/aromatic N) is 1. The zero-order chi connectivity index (χ0) is 13.6. The average Bonchev–Trinajstić information content (AvgIpc) is 2.78. The minimum atomic E-state index is -3.71. The molecule has 3 N–H and O–H groups in total. The summed E-state index contributed by atoms with van der Waals surface area (Å²) in [5.74, 6) is 0. The van der Waals surface area contributed by atoms with Crippen molar-refractivity contribution in [3.05, 3.63) is 11.8 Å². The number of aliphatic hydroxyl groups excluding tert-OH is 1. The van der Waals surface area contributed by atoms with Gasteiger partial charge in [0, 0.05) is 18.7 Å². The number of H-pyrrole nitrogens is 1. The van der Waals surface area contributed by atoms with Gasteiger partial charge in [-0.3, -0.25) is 5.10 Å². The number of aromatic nitrogens is 2. The van der Waals surface area contributed by atoms with Gasteiger partial charge in [-0.25, -0.2) is 13.1 Å². The minimum Gasteiger partial charge on any atom is -0.392 e. The Bertz CT molecular complexity index is 451. The van der Waals surface area contributed by atoms with Gasteiger partial charge < -0.3 is 9.84 Å². The molecule has 0 aliphatic carbocycles. The number of hydrogen-bond acceptors (Lipinski definition) is 5. The first-order valence-corrected chi connectivity index (χ1v) is 7.17. The predicted molar refractivity (Wildman–Crippen MR) is 65.4 cm³/mol. The maximum atomic E-state index is 12.1. The second-order valence-electron chi connectivity index (χ2n) is 3.94. The summed E-state index contributed by atoms with van der Waals surface area (Å²) >= 11 is 0. The van der Waals surface area contributed by atoms with Crippen LogP contribution >= 0.6 is 0 Å². The standard InChI is InChI=1S/C10H19N3O4S/c1-3-4-9(7-17-2)13-18(15,16)10-8(6-14)5-11-12-10/h5,9,13-14H,3-4,6-7H2,1-2H3,(H,11,12). The summed E-state index contributed by atoms with van der Waals surface area (Å²) in [6.07, 6.45) is 2.81. The number of hydrogen-bond donors (Lipinski definition) is 3. The van der Waals surface area contributed by atoms with E-state index >= 15 is 0 Å². The number of ether oxygens (including phenoxy) is 1. The molecular formula is C10H19N3O4S. The summed E-state index contributed by atoms with van der Waals surface area (Å²) < 4.78 is 31.7. The van der Waals surface area contributed by atoms with Gasteiger partial charge in [-0.1, -0.05) is 13.3 Å². The first-order valence-electron chi connectivity index (χ1n) is 5.69. The van der Waals surface area contributed by atoms with Crippen molar-refractivity contribution in [2.45, 2.75) is 37.4 Å². The smallest absolute Gasteiger partial charge is 0.258 e. The van der Waals surface area contributed by atoms with E-state index in [0.717, 1.165) is 6.42 Å². The molecule has 8 heteroatoms. The molecule has 0 spiro atoms. The zero-order valence-corrected chi connectivity index (χ0v) is 11.3. The van der Waals surface area contributed by atoms with E-state index in [1.807, 2.05) is 6.92 Å². The molecule has 0 bridgehead atoms. The molecule has 0 saturated heterocycles. The summed E-state index contributed by atoms with van der Waals surface area (Å²) in [7, 11) is -2.19. The second kappa shape index (κ2) is 6.83. The van der Waals surface area contributed by atoms with Gasteiger partial charge in [0.2, 0.25) is 0 Å². The SMILES string of the molecule is CCCC(COC)NS(=O)(=O)c1[nH]ncc1CO. The molecule has 0 radical (unpaired) electrons. The van der Waals surface area contributed by atoms with Gasteiger partial charge in [0.25, 0.3) is 10.0 Å². The van der Waals surface area contributed by atoms with E-state index in [9.17, 15) is 8.42 Å². The summed E-state index contributed by atoms with van der Waals surface area (Å²) in [5, 5.41) is 14.9. The van der Waals surface area contributed by atoms with Crippen LogP contribution in [-0.4, -0.2) is 43.5 Å². The van der Waals surface area contributed by atoms with Gasteiger partial charge in [0.1, 0.15) is 0 Å². The number of aromatic amines is 1. The molecule has 1 aromatic heterocycles. The van der Waals surface area contributed by atoms with Gasteiger partial charge in [0.15, 0.2) is 5.03 Å². The van der Waals surface area contributed by atoms with Crippen LogP contribution in [0.15, 0.2) is 11.2 Å². The Hall–Kier alpha value is -0.960. The highest BCUT2D eigenvalue weighted by atomic mass is 32.2. The van der Waals surface area contributed by atoms with Crippen LogP contribution in [0.4, 0.5) is 0 Å².